The number of rotatable bonds is 7. The monoisotopic (exact) mass is 361 g/mol. The lowest BCUT2D eigenvalue weighted by Crippen LogP contribution is -2.04. The molecular weight excluding hydrogens is 338 g/mol. The van der Waals surface area contributed by atoms with Crippen LogP contribution < -0.4 is 10.1 Å². The van der Waals surface area contributed by atoms with Gasteiger partial charge in [-0.3, -0.25) is 0 Å². The van der Waals surface area contributed by atoms with E-state index in [9.17, 15) is 4.79 Å². The number of nitrogens with one attached hydrogen (secondary N) is 1. The van der Waals surface area contributed by atoms with Gasteiger partial charge < -0.3 is 15.2 Å². The van der Waals surface area contributed by atoms with E-state index in [4.69, 9.17) is 9.84 Å². The van der Waals surface area contributed by atoms with Crippen molar-refractivity contribution in [3.05, 3.63) is 94.5 Å². The lowest BCUT2D eigenvalue weighted by atomic mass is 10.1. The van der Waals surface area contributed by atoms with Crippen molar-refractivity contribution < 1.29 is 14.6 Å². The Hall–Kier alpha value is -3.27. The molecular formula is C23H23NO3. The van der Waals surface area contributed by atoms with E-state index < -0.39 is 5.97 Å². The first kappa shape index (κ1) is 18.5. The summed E-state index contributed by atoms with van der Waals surface area (Å²) in [6, 6.07) is 21.2. The minimum atomic E-state index is -0.926. The second-order valence-electron chi connectivity index (χ2n) is 6.55. The lowest BCUT2D eigenvalue weighted by molar-refractivity contribution is 0.0697. The maximum absolute atomic E-state index is 11.2. The number of carboxylic acids is 1. The fourth-order valence-corrected chi connectivity index (χ4v) is 2.82. The van der Waals surface area contributed by atoms with Crippen molar-refractivity contribution in [1.29, 1.82) is 0 Å². The first-order valence-corrected chi connectivity index (χ1v) is 8.87. The van der Waals surface area contributed by atoms with Gasteiger partial charge in [0, 0.05) is 12.2 Å². The number of hydrogen-bond acceptors (Lipinski definition) is 3. The molecule has 0 aliphatic rings. The Morgan fingerprint density at radius 1 is 0.963 bits per heavy atom. The largest absolute Gasteiger partial charge is 0.489 e. The van der Waals surface area contributed by atoms with Crippen LogP contribution in [0.1, 0.15) is 32.6 Å². The predicted octanol–water partition coefficient (Wildman–Crippen LogP) is 5.19. The summed E-state index contributed by atoms with van der Waals surface area (Å²) in [7, 11) is 0. The minimum Gasteiger partial charge on any atom is -0.489 e. The van der Waals surface area contributed by atoms with Gasteiger partial charge in [-0.15, -0.1) is 0 Å². The quantitative estimate of drug-likeness (QED) is 0.608. The Kier molecular flexibility index (Phi) is 5.77. The van der Waals surface area contributed by atoms with Crippen LogP contribution in [0.15, 0.2) is 66.7 Å². The fraction of sp³-hybridized carbons (Fsp3) is 0.174. The number of carboxylic acid groups (broad SMARTS) is 1. The summed E-state index contributed by atoms with van der Waals surface area (Å²) >= 11 is 0. The molecule has 4 nitrogen and oxygen atoms in total. The Morgan fingerprint density at radius 2 is 1.78 bits per heavy atom. The van der Waals surface area contributed by atoms with Gasteiger partial charge in [-0.1, -0.05) is 42.5 Å². The van der Waals surface area contributed by atoms with E-state index in [2.05, 4.69) is 24.4 Å². The summed E-state index contributed by atoms with van der Waals surface area (Å²) in [6.45, 7) is 5.15. The Balaban J connectivity index is 1.65. The normalized spacial score (nSPS) is 10.4. The van der Waals surface area contributed by atoms with Crippen molar-refractivity contribution in [2.45, 2.75) is 27.0 Å². The van der Waals surface area contributed by atoms with Crippen molar-refractivity contribution in [3.8, 4) is 5.75 Å². The van der Waals surface area contributed by atoms with Crippen LogP contribution in [0.3, 0.4) is 0 Å². The van der Waals surface area contributed by atoms with Crippen molar-refractivity contribution in [1.82, 2.24) is 0 Å². The van der Waals surface area contributed by atoms with Crippen LogP contribution in [0.4, 0.5) is 5.69 Å². The standard InChI is InChI=1S/C23H23NO3/c1-16-6-3-4-8-20(16)15-27-21-9-5-7-18(12-21)14-24-22-13-19(23(25)26)11-10-17(22)2/h3-13,24H,14-15H2,1-2H3,(H,25,26). The van der Waals surface area contributed by atoms with Crippen molar-refractivity contribution in [2.24, 2.45) is 0 Å². The average molecular weight is 361 g/mol. The number of anilines is 1. The summed E-state index contributed by atoms with van der Waals surface area (Å²) in [5, 5.41) is 12.5. The van der Waals surface area contributed by atoms with Gasteiger partial charge in [-0.25, -0.2) is 4.79 Å². The molecule has 0 atom stereocenters. The van der Waals surface area contributed by atoms with Crippen molar-refractivity contribution >= 4 is 11.7 Å². The summed E-state index contributed by atoms with van der Waals surface area (Å²) in [6.07, 6.45) is 0. The highest BCUT2D eigenvalue weighted by Gasteiger charge is 2.06. The summed E-state index contributed by atoms with van der Waals surface area (Å²) < 4.78 is 5.93. The van der Waals surface area contributed by atoms with Crippen molar-refractivity contribution in [2.75, 3.05) is 5.32 Å². The fourth-order valence-electron chi connectivity index (χ4n) is 2.82. The summed E-state index contributed by atoms with van der Waals surface area (Å²) in [5.74, 6) is -0.113. The van der Waals surface area contributed by atoms with Gasteiger partial charge in [0.25, 0.3) is 0 Å². The number of aromatic carboxylic acids is 1. The SMILES string of the molecule is Cc1ccccc1COc1cccc(CNc2cc(C(=O)O)ccc2C)c1. The van der Waals surface area contributed by atoms with Crippen LogP contribution >= 0.6 is 0 Å². The highest BCUT2D eigenvalue weighted by atomic mass is 16.5. The lowest BCUT2D eigenvalue weighted by Gasteiger charge is -2.12. The van der Waals surface area contributed by atoms with E-state index in [1.165, 1.54) is 11.1 Å². The van der Waals surface area contributed by atoms with Crippen LogP contribution in [0, 0.1) is 13.8 Å². The molecule has 27 heavy (non-hydrogen) atoms. The first-order chi connectivity index (χ1) is 13.0. The molecule has 0 amide bonds. The van der Waals surface area contributed by atoms with E-state index >= 15 is 0 Å². The third-order valence-electron chi connectivity index (χ3n) is 4.52. The third kappa shape index (κ3) is 4.88. The van der Waals surface area contributed by atoms with Crippen molar-refractivity contribution in [3.63, 3.8) is 0 Å². The second-order valence-corrected chi connectivity index (χ2v) is 6.55. The molecule has 0 aliphatic heterocycles. The molecule has 3 aromatic carbocycles. The van der Waals surface area contributed by atoms with Gasteiger partial charge in [0.1, 0.15) is 12.4 Å². The van der Waals surface area contributed by atoms with Gasteiger partial charge >= 0.3 is 5.97 Å². The van der Waals surface area contributed by atoms with Crippen LogP contribution in [-0.2, 0) is 13.2 Å². The number of hydrogen-bond donors (Lipinski definition) is 2. The molecule has 138 valence electrons. The molecule has 0 saturated carbocycles. The number of benzene rings is 3. The predicted molar refractivity (Wildman–Crippen MR) is 107 cm³/mol. The van der Waals surface area contributed by atoms with Gasteiger partial charge in [0.05, 0.1) is 5.56 Å². The number of aryl methyl sites for hydroxylation is 2. The minimum absolute atomic E-state index is 0.276. The molecule has 3 aromatic rings. The first-order valence-electron chi connectivity index (χ1n) is 8.87. The van der Waals surface area contributed by atoms with Crippen LogP contribution in [0.2, 0.25) is 0 Å². The number of ether oxygens (including phenoxy) is 1. The molecule has 3 rings (SSSR count). The molecule has 0 fully saturated rings. The molecule has 0 aromatic heterocycles. The smallest absolute Gasteiger partial charge is 0.335 e. The van der Waals surface area contributed by atoms with E-state index in [1.807, 2.05) is 49.4 Å². The molecule has 0 bridgehead atoms. The highest BCUT2D eigenvalue weighted by molar-refractivity contribution is 5.89. The van der Waals surface area contributed by atoms with E-state index in [0.717, 1.165) is 22.6 Å². The second kappa shape index (κ2) is 8.41. The van der Waals surface area contributed by atoms with E-state index in [0.29, 0.717) is 13.2 Å². The molecule has 0 radical (unpaired) electrons. The van der Waals surface area contributed by atoms with Gasteiger partial charge in [-0.05, 0) is 60.4 Å². The zero-order valence-electron chi connectivity index (χ0n) is 15.5. The zero-order chi connectivity index (χ0) is 19.2. The van der Waals surface area contributed by atoms with E-state index in [-0.39, 0.29) is 5.56 Å². The molecule has 0 spiro atoms. The Labute approximate surface area is 159 Å². The van der Waals surface area contributed by atoms with Gasteiger partial charge in [0.15, 0.2) is 0 Å². The highest BCUT2D eigenvalue weighted by Crippen LogP contribution is 2.20. The molecule has 0 aliphatic carbocycles. The topological polar surface area (TPSA) is 58.6 Å². The summed E-state index contributed by atoms with van der Waals surface area (Å²) in [5.41, 5.74) is 5.55. The number of carbonyl (C=O) groups is 1. The maximum atomic E-state index is 11.2. The molecule has 4 heteroatoms. The molecule has 0 unspecified atom stereocenters. The third-order valence-corrected chi connectivity index (χ3v) is 4.52. The average Bonchev–Trinajstić information content (AvgIpc) is 2.67. The van der Waals surface area contributed by atoms with E-state index in [1.54, 1.807) is 12.1 Å². The summed E-state index contributed by atoms with van der Waals surface area (Å²) in [4.78, 5) is 11.2. The van der Waals surface area contributed by atoms with Gasteiger partial charge in [0.2, 0.25) is 0 Å². The zero-order valence-corrected chi connectivity index (χ0v) is 15.5. The Bertz CT molecular complexity index is 950. The van der Waals surface area contributed by atoms with Gasteiger partial charge in [-0.2, -0.15) is 0 Å². The molecule has 0 heterocycles. The molecule has 2 N–H and O–H groups in total. The van der Waals surface area contributed by atoms with Crippen LogP contribution in [0.25, 0.3) is 0 Å². The molecule has 0 saturated heterocycles. The van der Waals surface area contributed by atoms with Crippen LogP contribution in [0.5, 0.6) is 5.75 Å². The maximum Gasteiger partial charge on any atom is 0.335 e. The Morgan fingerprint density at radius 3 is 2.56 bits per heavy atom. The van der Waals surface area contributed by atoms with Crippen LogP contribution in [-0.4, -0.2) is 11.1 Å².